The maximum Gasteiger partial charge on any atom is 0.338 e. The minimum absolute atomic E-state index is 0.172. The van der Waals surface area contributed by atoms with Gasteiger partial charge in [0.1, 0.15) is 19.0 Å². The number of rotatable bonds is 7. The molecule has 0 saturated heterocycles. The van der Waals surface area contributed by atoms with E-state index in [0.717, 1.165) is 3.57 Å². The minimum atomic E-state index is -4.16. The quantitative estimate of drug-likeness (QED) is 0.396. The predicted molar refractivity (Wildman–Crippen MR) is 81.4 cm³/mol. The second-order valence-corrected chi connectivity index (χ2v) is 6.72. The van der Waals surface area contributed by atoms with Gasteiger partial charge in [-0.2, -0.15) is 8.42 Å². The summed E-state index contributed by atoms with van der Waals surface area (Å²) in [7, 11) is -4.16. The lowest BCUT2D eigenvalue weighted by Crippen LogP contribution is -2.16. The van der Waals surface area contributed by atoms with Crippen molar-refractivity contribution < 1.29 is 32.0 Å². The number of hydrogen-bond donors (Lipinski definition) is 1. The highest BCUT2D eigenvalue weighted by Crippen LogP contribution is 2.09. The Morgan fingerprint density at radius 1 is 1.19 bits per heavy atom. The lowest BCUT2D eigenvalue weighted by Gasteiger charge is -2.06. The lowest BCUT2D eigenvalue weighted by molar-refractivity contribution is -0.143. The highest BCUT2D eigenvalue weighted by atomic mass is 127. The number of carbonyl (C=O) groups is 2. The van der Waals surface area contributed by atoms with Gasteiger partial charge in [-0.15, -0.1) is 0 Å². The van der Waals surface area contributed by atoms with E-state index in [1.54, 1.807) is 18.2 Å². The van der Waals surface area contributed by atoms with Crippen molar-refractivity contribution in [3.05, 3.63) is 33.4 Å². The molecule has 1 N–H and O–H groups in total. The molecule has 0 aromatic heterocycles. The third-order valence-corrected chi connectivity index (χ3v) is 3.56. The molecule has 116 valence electrons. The van der Waals surface area contributed by atoms with Crippen LogP contribution in [0.2, 0.25) is 0 Å². The van der Waals surface area contributed by atoms with Crippen LogP contribution in [0, 0.1) is 3.57 Å². The van der Waals surface area contributed by atoms with Crippen LogP contribution in [-0.4, -0.2) is 43.9 Å². The summed E-state index contributed by atoms with van der Waals surface area (Å²) in [5, 5.41) is 0. The summed E-state index contributed by atoms with van der Waals surface area (Å²) in [6.07, 6.45) is -0.193. The molecule has 1 aromatic rings. The van der Waals surface area contributed by atoms with Crippen molar-refractivity contribution in [2.75, 3.05) is 19.0 Å². The first-order chi connectivity index (χ1) is 9.78. The Kier molecular flexibility index (Phi) is 7.05. The zero-order valence-corrected chi connectivity index (χ0v) is 13.8. The minimum Gasteiger partial charge on any atom is -0.464 e. The molecule has 1 aromatic carbocycles. The van der Waals surface area contributed by atoms with Gasteiger partial charge in [0.25, 0.3) is 10.1 Å². The Balaban J connectivity index is 2.27. The van der Waals surface area contributed by atoms with Gasteiger partial charge < -0.3 is 9.47 Å². The largest absolute Gasteiger partial charge is 0.464 e. The van der Waals surface area contributed by atoms with Crippen LogP contribution < -0.4 is 0 Å². The van der Waals surface area contributed by atoms with Gasteiger partial charge in [0.05, 0.1) is 12.0 Å². The van der Waals surface area contributed by atoms with Gasteiger partial charge in [-0.1, -0.05) is 6.07 Å². The average Bonchev–Trinajstić information content (AvgIpc) is 2.37. The predicted octanol–water partition coefficient (Wildman–Crippen LogP) is 1.27. The van der Waals surface area contributed by atoms with E-state index in [0.29, 0.717) is 5.56 Å². The lowest BCUT2D eigenvalue weighted by atomic mass is 10.2. The average molecular weight is 428 g/mol. The van der Waals surface area contributed by atoms with Crippen LogP contribution in [-0.2, 0) is 24.4 Å². The summed E-state index contributed by atoms with van der Waals surface area (Å²) < 4.78 is 39.6. The molecule has 0 amide bonds. The Morgan fingerprint density at radius 2 is 1.90 bits per heavy atom. The second kappa shape index (κ2) is 8.29. The molecule has 0 saturated carbocycles. The summed E-state index contributed by atoms with van der Waals surface area (Å²) in [5.74, 6) is -1.94. The number of ether oxygens (including phenoxy) is 2. The Bertz CT molecular complexity index is 612. The van der Waals surface area contributed by atoms with Gasteiger partial charge in [-0.3, -0.25) is 9.35 Å². The molecule has 0 radical (unpaired) electrons. The normalized spacial score (nSPS) is 11.0. The van der Waals surface area contributed by atoms with Gasteiger partial charge in [0, 0.05) is 3.57 Å². The summed E-state index contributed by atoms with van der Waals surface area (Å²) in [4.78, 5) is 22.8. The molecule has 0 aliphatic carbocycles. The zero-order chi connectivity index (χ0) is 15.9. The Labute approximate surface area is 135 Å². The van der Waals surface area contributed by atoms with Crippen LogP contribution in [0.5, 0.6) is 0 Å². The number of benzene rings is 1. The fourth-order valence-electron chi connectivity index (χ4n) is 1.26. The molecule has 7 nitrogen and oxygen atoms in total. The van der Waals surface area contributed by atoms with Gasteiger partial charge >= 0.3 is 11.9 Å². The highest BCUT2D eigenvalue weighted by molar-refractivity contribution is 14.1. The first-order valence-corrected chi connectivity index (χ1v) is 8.50. The number of carbonyl (C=O) groups excluding carboxylic acids is 2. The molecule has 21 heavy (non-hydrogen) atoms. The zero-order valence-electron chi connectivity index (χ0n) is 10.8. The van der Waals surface area contributed by atoms with E-state index in [-0.39, 0.29) is 13.0 Å². The maximum atomic E-state index is 11.6. The molecular weight excluding hydrogens is 415 g/mol. The standard InChI is InChI=1S/C12H13IO7S/c13-10-3-1-2-9(8-10)12(15)20-5-4-11(14)19-6-7-21(16,17)18/h1-3,8H,4-7H2,(H,16,17,18). The van der Waals surface area contributed by atoms with Crippen LogP contribution in [0.25, 0.3) is 0 Å². The van der Waals surface area contributed by atoms with E-state index in [4.69, 9.17) is 9.29 Å². The molecule has 0 bridgehead atoms. The van der Waals surface area contributed by atoms with Crippen molar-refractivity contribution >= 4 is 44.6 Å². The monoisotopic (exact) mass is 428 g/mol. The van der Waals surface area contributed by atoms with Crippen molar-refractivity contribution in [3.8, 4) is 0 Å². The highest BCUT2D eigenvalue weighted by Gasteiger charge is 2.11. The van der Waals surface area contributed by atoms with Crippen LogP contribution in [0.3, 0.4) is 0 Å². The topological polar surface area (TPSA) is 107 Å². The van der Waals surface area contributed by atoms with Gasteiger partial charge in [0.15, 0.2) is 0 Å². The molecular formula is C12H13IO7S. The maximum absolute atomic E-state index is 11.6. The summed E-state index contributed by atoms with van der Waals surface area (Å²) >= 11 is 2.06. The van der Waals surface area contributed by atoms with E-state index in [2.05, 4.69) is 27.3 Å². The van der Waals surface area contributed by atoms with E-state index in [9.17, 15) is 18.0 Å². The van der Waals surface area contributed by atoms with Crippen molar-refractivity contribution in [3.63, 3.8) is 0 Å². The molecule has 0 aliphatic heterocycles. The SMILES string of the molecule is O=C(CCOC(=O)c1cccc(I)c1)OCCS(=O)(=O)O. The molecule has 0 spiro atoms. The van der Waals surface area contributed by atoms with Crippen molar-refractivity contribution in [1.29, 1.82) is 0 Å². The molecule has 0 atom stereocenters. The summed E-state index contributed by atoms with van der Waals surface area (Å²) in [5.41, 5.74) is 0.377. The van der Waals surface area contributed by atoms with E-state index in [1.165, 1.54) is 0 Å². The van der Waals surface area contributed by atoms with Crippen LogP contribution in [0.1, 0.15) is 16.8 Å². The molecule has 1 rings (SSSR count). The van der Waals surface area contributed by atoms with E-state index in [1.807, 2.05) is 6.07 Å². The van der Waals surface area contributed by atoms with Crippen molar-refractivity contribution in [2.24, 2.45) is 0 Å². The molecule has 0 heterocycles. The molecule has 0 unspecified atom stereocenters. The van der Waals surface area contributed by atoms with Crippen LogP contribution in [0.4, 0.5) is 0 Å². The number of esters is 2. The molecule has 0 aliphatic rings. The third-order valence-electron chi connectivity index (χ3n) is 2.20. The molecule has 9 heteroatoms. The smallest absolute Gasteiger partial charge is 0.338 e. The summed E-state index contributed by atoms with van der Waals surface area (Å²) in [6.45, 7) is -0.614. The van der Waals surface area contributed by atoms with Gasteiger partial charge in [-0.05, 0) is 40.8 Å². The Hall–Kier alpha value is -1.20. The number of halogens is 1. The van der Waals surface area contributed by atoms with Crippen LogP contribution >= 0.6 is 22.6 Å². The van der Waals surface area contributed by atoms with Gasteiger partial charge in [-0.25, -0.2) is 4.79 Å². The first-order valence-electron chi connectivity index (χ1n) is 5.81. The van der Waals surface area contributed by atoms with E-state index >= 15 is 0 Å². The fourth-order valence-corrected chi connectivity index (χ4v) is 2.10. The van der Waals surface area contributed by atoms with Crippen molar-refractivity contribution in [2.45, 2.75) is 6.42 Å². The van der Waals surface area contributed by atoms with Crippen molar-refractivity contribution in [1.82, 2.24) is 0 Å². The first kappa shape index (κ1) is 17.9. The fraction of sp³-hybridized carbons (Fsp3) is 0.333. The number of hydrogen-bond acceptors (Lipinski definition) is 6. The summed E-state index contributed by atoms with van der Waals surface area (Å²) in [6, 6.07) is 6.77. The van der Waals surface area contributed by atoms with E-state index < -0.39 is 34.4 Å². The third kappa shape index (κ3) is 7.97. The van der Waals surface area contributed by atoms with Gasteiger partial charge in [0.2, 0.25) is 0 Å². The second-order valence-electron chi connectivity index (χ2n) is 3.90. The van der Waals surface area contributed by atoms with Crippen LogP contribution in [0.15, 0.2) is 24.3 Å². The Morgan fingerprint density at radius 3 is 2.52 bits per heavy atom. The molecule has 0 fully saturated rings.